The first-order valence-electron chi connectivity index (χ1n) is 9.69. The highest BCUT2D eigenvalue weighted by atomic mass is 16.5. The molecule has 2 aliphatic rings. The Hall–Kier alpha value is -3.15. The SMILES string of the molecule is CCN1C(=O)C2(CC/C(=C/c3ccccc3)O2)c2c1cc(OC)c(OC)c2OC. The third-order valence-electron chi connectivity index (χ3n) is 5.57. The molecule has 1 amide bonds. The molecule has 1 spiro atoms. The molecular formula is C23H25NO5. The number of fused-ring (bicyclic) bond motifs is 2. The summed E-state index contributed by atoms with van der Waals surface area (Å²) in [7, 11) is 4.70. The molecule has 1 fully saturated rings. The largest absolute Gasteiger partial charge is 0.493 e. The van der Waals surface area contributed by atoms with Crippen LogP contribution in [0.25, 0.3) is 6.08 Å². The maximum Gasteiger partial charge on any atom is 0.276 e. The van der Waals surface area contributed by atoms with Crippen LogP contribution in [0, 0.1) is 0 Å². The van der Waals surface area contributed by atoms with E-state index in [1.807, 2.05) is 49.4 Å². The molecule has 0 N–H and O–H groups in total. The van der Waals surface area contributed by atoms with Crippen molar-refractivity contribution in [2.24, 2.45) is 0 Å². The van der Waals surface area contributed by atoms with Crippen molar-refractivity contribution in [1.82, 2.24) is 0 Å². The van der Waals surface area contributed by atoms with Gasteiger partial charge >= 0.3 is 0 Å². The van der Waals surface area contributed by atoms with Crippen molar-refractivity contribution >= 4 is 17.7 Å². The highest BCUT2D eigenvalue weighted by Gasteiger charge is 2.58. The van der Waals surface area contributed by atoms with Crippen molar-refractivity contribution in [2.45, 2.75) is 25.4 Å². The van der Waals surface area contributed by atoms with Gasteiger partial charge in [0.2, 0.25) is 11.4 Å². The molecule has 1 saturated heterocycles. The van der Waals surface area contributed by atoms with Gasteiger partial charge in [0.05, 0.1) is 38.3 Å². The Bertz CT molecular complexity index is 969. The molecule has 0 bridgehead atoms. The second kappa shape index (κ2) is 7.35. The topological polar surface area (TPSA) is 57.2 Å². The molecule has 6 heteroatoms. The molecule has 29 heavy (non-hydrogen) atoms. The third kappa shape index (κ3) is 2.82. The van der Waals surface area contributed by atoms with Crippen LogP contribution in [0.1, 0.15) is 30.9 Å². The number of benzene rings is 2. The van der Waals surface area contributed by atoms with Crippen LogP contribution in [0.3, 0.4) is 0 Å². The summed E-state index contributed by atoms with van der Waals surface area (Å²) in [6.45, 7) is 2.47. The molecule has 152 valence electrons. The Morgan fingerprint density at radius 1 is 1.10 bits per heavy atom. The first kappa shape index (κ1) is 19.2. The van der Waals surface area contributed by atoms with E-state index in [2.05, 4.69) is 0 Å². The van der Waals surface area contributed by atoms with Gasteiger partial charge in [-0.15, -0.1) is 0 Å². The van der Waals surface area contributed by atoms with Crippen LogP contribution in [0.15, 0.2) is 42.2 Å². The van der Waals surface area contributed by atoms with E-state index < -0.39 is 5.60 Å². The van der Waals surface area contributed by atoms with Crippen molar-refractivity contribution in [3.63, 3.8) is 0 Å². The fourth-order valence-corrected chi connectivity index (χ4v) is 4.28. The highest BCUT2D eigenvalue weighted by molar-refractivity contribution is 6.09. The zero-order chi connectivity index (χ0) is 20.6. The van der Waals surface area contributed by atoms with Gasteiger partial charge in [0, 0.05) is 25.5 Å². The molecule has 0 saturated carbocycles. The molecule has 0 aromatic heterocycles. The van der Waals surface area contributed by atoms with Crippen molar-refractivity contribution in [2.75, 3.05) is 32.8 Å². The Balaban J connectivity index is 1.87. The number of hydrogen-bond donors (Lipinski definition) is 0. The van der Waals surface area contributed by atoms with Gasteiger partial charge in [0.15, 0.2) is 11.5 Å². The monoisotopic (exact) mass is 395 g/mol. The van der Waals surface area contributed by atoms with Crippen LogP contribution in [-0.2, 0) is 15.1 Å². The second-order valence-electron chi connectivity index (χ2n) is 7.04. The molecule has 0 aliphatic carbocycles. The summed E-state index contributed by atoms with van der Waals surface area (Å²) in [4.78, 5) is 15.2. The number of amides is 1. The van der Waals surface area contributed by atoms with E-state index in [4.69, 9.17) is 18.9 Å². The van der Waals surface area contributed by atoms with E-state index in [-0.39, 0.29) is 5.91 Å². The zero-order valence-corrected chi connectivity index (χ0v) is 17.2. The number of allylic oxidation sites excluding steroid dienone is 1. The number of carbonyl (C=O) groups excluding carboxylic acids is 1. The van der Waals surface area contributed by atoms with Gasteiger partial charge in [-0.05, 0) is 18.6 Å². The van der Waals surface area contributed by atoms with Crippen molar-refractivity contribution in [3.8, 4) is 17.2 Å². The molecule has 2 aromatic carbocycles. The maximum absolute atomic E-state index is 13.5. The van der Waals surface area contributed by atoms with Crippen molar-refractivity contribution in [3.05, 3.63) is 53.3 Å². The predicted octanol–water partition coefficient (Wildman–Crippen LogP) is 4.13. The van der Waals surface area contributed by atoms with Gasteiger partial charge in [0.25, 0.3) is 5.91 Å². The summed E-state index contributed by atoms with van der Waals surface area (Å²) in [5.41, 5.74) is 1.38. The number of likely N-dealkylation sites (N-methyl/N-ethyl adjacent to an activating group) is 1. The van der Waals surface area contributed by atoms with Gasteiger partial charge < -0.3 is 23.8 Å². The van der Waals surface area contributed by atoms with E-state index >= 15 is 0 Å². The van der Waals surface area contributed by atoms with Crippen LogP contribution in [0.4, 0.5) is 5.69 Å². The van der Waals surface area contributed by atoms with Crippen molar-refractivity contribution in [1.29, 1.82) is 0 Å². The van der Waals surface area contributed by atoms with Crippen LogP contribution in [0.5, 0.6) is 17.2 Å². The standard InChI is InChI=1S/C23H25NO5/c1-5-24-17-14-18(26-2)20(27-3)21(28-4)19(17)23(22(24)25)12-11-16(29-23)13-15-9-7-6-8-10-15/h6-10,13-14H,5,11-12H2,1-4H3/b16-13-. The summed E-state index contributed by atoms with van der Waals surface area (Å²) in [5.74, 6) is 2.16. The Morgan fingerprint density at radius 3 is 2.45 bits per heavy atom. The van der Waals surface area contributed by atoms with Gasteiger partial charge in [-0.25, -0.2) is 0 Å². The zero-order valence-electron chi connectivity index (χ0n) is 17.2. The Morgan fingerprint density at radius 2 is 1.83 bits per heavy atom. The number of rotatable bonds is 5. The fourth-order valence-electron chi connectivity index (χ4n) is 4.28. The number of ether oxygens (including phenoxy) is 4. The molecule has 0 radical (unpaired) electrons. The van der Waals surface area contributed by atoms with Gasteiger partial charge in [-0.3, -0.25) is 4.79 Å². The van der Waals surface area contributed by atoms with E-state index in [1.54, 1.807) is 26.2 Å². The molecule has 4 rings (SSSR count). The second-order valence-corrected chi connectivity index (χ2v) is 7.04. The minimum Gasteiger partial charge on any atom is -0.493 e. The average molecular weight is 395 g/mol. The highest BCUT2D eigenvalue weighted by Crippen LogP contribution is 2.58. The lowest BCUT2D eigenvalue weighted by molar-refractivity contribution is -0.135. The molecule has 1 unspecified atom stereocenters. The lowest BCUT2D eigenvalue weighted by Crippen LogP contribution is -2.39. The first-order chi connectivity index (χ1) is 14.1. The van der Waals surface area contributed by atoms with E-state index in [1.165, 1.54) is 0 Å². The van der Waals surface area contributed by atoms with Gasteiger partial charge in [0.1, 0.15) is 0 Å². The van der Waals surface area contributed by atoms with Crippen LogP contribution < -0.4 is 19.1 Å². The van der Waals surface area contributed by atoms with E-state index in [0.29, 0.717) is 42.2 Å². The lowest BCUT2D eigenvalue weighted by atomic mass is 9.90. The molecule has 2 aromatic rings. The third-order valence-corrected chi connectivity index (χ3v) is 5.57. The minimum atomic E-state index is -1.11. The van der Waals surface area contributed by atoms with Crippen LogP contribution >= 0.6 is 0 Å². The molecule has 1 atom stereocenters. The summed E-state index contributed by atoms with van der Waals surface area (Å²) in [5, 5.41) is 0. The quantitative estimate of drug-likeness (QED) is 0.762. The molecular weight excluding hydrogens is 370 g/mol. The molecule has 2 aliphatic heterocycles. The van der Waals surface area contributed by atoms with E-state index in [0.717, 1.165) is 17.0 Å². The number of hydrogen-bond acceptors (Lipinski definition) is 5. The summed E-state index contributed by atoms with van der Waals surface area (Å²) in [6, 6.07) is 11.8. The predicted molar refractivity (Wildman–Crippen MR) is 111 cm³/mol. The Kier molecular flexibility index (Phi) is 4.86. The normalized spacial score (nSPS) is 21.4. The molecule has 2 heterocycles. The van der Waals surface area contributed by atoms with Gasteiger partial charge in [-0.2, -0.15) is 0 Å². The summed E-state index contributed by atoms with van der Waals surface area (Å²) < 4.78 is 23.2. The number of methoxy groups -OCH3 is 3. The summed E-state index contributed by atoms with van der Waals surface area (Å²) >= 11 is 0. The average Bonchev–Trinajstić information content (AvgIpc) is 3.27. The van der Waals surface area contributed by atoms with Crippen molar-refractivity contribution < 1.29 is 23.7 Å². The number of anilines is 1. The number of nitrogens with zero attached hydrogens (tertiary/aromatic N) is 1. The number of carbonyl (C=O) groups is 1. The minimum absolute atomic E-state index is 0.0833. The van der Waals surface area contributed by atoms with Crippen LogP contribution in [-0.4, -0.2) is 33.8 Å². The molecule has 6 nitrogen and oxygen atoms in total. The van der Waals surface area contributed by atoms with Crippen LogP contribution in [0.2, 0.25) is 0 Å². The van der Waals surface area contributed by atoms with E-state index in [9.17, 15) is 4.79 Å². The lowest BCUT2D eigenvalue weighted by Gasteiger charge is -2.25. The maximum atomic E-state index is 13.5. The fraction of sp³-hybridized carbons (Fsp3) is 0.348. The summed E-state index contributed by atoms with van der Waals surface area (Å²) in [6.07, 6.45) is 3.19. The Labute approximate surface area is 170 Å². The smallest absolute Gasteiger partial charge is 0.276 e. The van der Waals surface area contributed by atoms with Gasteiger partial charge in [-0.1, -0.05) is 30.3 Å². The first-order valence-corrected chi connectivity index (χ1v) is 9.69.